The van der Waals surface area contributed by atoms with Gasteiger partial charge in [0.2, 0.25) is 11.9 Å². The van der Waals surface area contributed by atoms with Gasteiger partial charge in [0.1, 0.15) is 66.0 Å². The lowest BCUT2D eigenvalue weighted by molar-refractivity contribution is -0.177. The summed E-state index contributed by atoms with van der Waals surface area (Å²) in [6, 6.07) is 16.1. The van der Waals surface area contributed by atoms with Crippen LogP contribution in [0.15, 0.2) is 77.6 Å². The molecule has 2 aromatic carbocycles. The van der Waals surface area contributed by atoms with E-state index in [2.05, 4.69) is 36.3 Å². The van der Waals surface area contributed by atoms with Crippen molar-refractivity contribution < 1.29 is 105 Å². The molecule has 6 N–H and O–H groups in total. The normalized spacial score (nSPS) is 13.6. The predicted octanol–water partition coefficient (Wildman–Crippen LogP) is 5.55. The summed E-state index contributed by atoms with van der Waals surface area (Å²) in [4.78, 5) is 179. The van der Waals surface area contributed by atoms with E-state index in [1.807, 2.05) is 0 Å². The van der Waals surface area contributed by atoms with Gasteiger partial charge in [0.05, 0.1) is 51.4 Å². The van der Waals surface area contributed by atoms with Crippen LogP contribution < -0.4 is 26.8 Å². The zero-order valence-electron chi connectivity index (χ0n) is 57.0. The van der Waals surface area contributed by atoms with Crippen molar-refractivity contribution in [2.75, 3.05) is 89.8 Å². The van der Waals surface area contributed by atoms with Crippen LogP contribution in [0.2, 0.25) is 0 Å². The Morgan fingerprint density at radius 2 is 1.08 bits per heavy atom. The fraction of sp³-hybridized carbons (Fsp3) is 0.507. The van der Waals surface area contributed by atoms with Gasteiger partial charge in [-0.3, -0.25) is 53.5 Å². The van der Waals surface area contributed by atoms with Gasteiger partial charge in [-0.05, 0) is 136 Å². The maximum absolute atomic E-state index is 15.3. The number of aromatic amines is 1. The van der Waals surface area contributed by atoms with E-state index < -0.39 is 203 Å². The number of aliphatic hydroxyl groups is 1. The minimum Gasteiger partial charge on any atom is -0.463 e. The number of urea groups is 1. The van der Waals surface area contributed by atoms with Gasteiger partial charge >= 0.3 is 65.8 Å². The number of aliphatic hydroxyl groups excluding tert-OH is 1. The molecule has 0 radical (unpaired) electrons. The molecular formula is C67H88N8O23. The molecule has 31 nitrogen and oxygen atoms in total. The molecule has 4 amide bonds. The maximum atomic E-state index is 15.3. The maximum Gasteiger partial charge on any atom is 0.346 e. The smallest absolute Gasteiger partial charge is 0.346 e. The van der Waals surface area contributed by atoms with E-state index in [0.717, 1.165) is 0 Å². The van der Waals surface area contributed by atoms with Crippen molar-refractivity contribution in [3.05, 3.63) is 111 Å². The van der Waals surface area contributed by atoms with Gasteiger partial charge < -0.3 is 63.7 Å². The molecule has 31 heteroatoms. The van der Waals surface area contributed by atoms with Gasteiger partial charge in [-0.15, -0.1) is 0 Å². The average molecular weight is 1370 g/mol. The van der Waals surface area contributed by atoms with E-state index in [1.165, 1.54) is 95.6 Å². The third kappa shape index (κ3) is 26.3. The first kappa shape index (κ1) is 80.1. The molecule has 534 valence electrons. The molecule has 0 aliphatic rings. The Balaban J connectivity index is 1.68. The standard InChI is InChI=1S/C67H88N8O23/c1-12-64(8,56(84)94-27-26-76)40-66(10,58(86)97-33-29-90-51(79)23-18-47-16-14-13-15-17-47)42-67(11,59(87)98-35-31-93-54(82)48-19-21-49(22-20-48)71-62(89)75-45(4)36-44(3)74-75)41-65(9,57(85)96-34-30-92-53(81)38-69-46(5)77)39-63(6,7)55(83)95-32-28-91-52(80)24-25-68-61(88)73-60-70-43(2)37-50(78)72-60/h13-23,36-37,76H,12,24-35,38-42H2,1-11H3,(H,69,77)(H,71,89)(H3,68,70,72,73,78,88). The van der Waals surface area contributed by atoms with E-state index in [0.29, 0.717) is 28.3 Å². The minimum atomic E-state index is -2.11. The van der Waals surface area contributed by atoms with E-state index in [4.69, 9.17) is 42.6 Å². The van der Waals surface area contributed by atoms with Crippen LogP contribution in [0.5, 0.6) is 0 Å². The number of rotatable bonds is 38. The number of H-pyrrole nitrogens is 1. The molecule has 4 unspecified atom stereocenters. The zero-order chi connectivity index (χ0) is 72.9. The molecule has 4 aromatic rings. The Labute approximate surface area is 566 Å². The summed E-state index contributed by atoms with van der Waals surface area (Å²) >= 11 is 0. The molecule has 0 aliphatic carbocycles. The van der Waals surface area contributed by atoms with Crippen molar-refractivity contribution in [1.82, 2.24) is 30.4 Å². The summed E-state index contributed by atoms with van der Waals surface area (Å²) in [5.74, 6) is -9.00. The lowest BCUT2D eigenvalue weighted by atomic mass is 9.59. The van der Waals surface area contributed by atoms with Gasteiger partial charge in [0, 0.05) is 42.7 Å². The number of hydrogen-bond donors (Lipinski definition) is 6. The number of amides is 4. The molecule has 0 saturated heterocycles. The fourth-order valence-corrected chi connectivity index (χ4v) is 10.7. The molecule has 98 heavy (non-hydrogen) atoms. The van der Waals surface area contributed by atoms with Gasteiger partial charge in [-0.1, -0.05) is 37.3 Å². The van der Waals surface area contributed by atoms with Crippen LogP contribution in [0.25, 0.3) is 6.08 Å². The number of aryl methyl sites for hydroxylation is 3. The van der Waals surface area contributed by atoms with Crippen LogP contribution in [-0.4, -0.2) is 176 Å². The highest BCUT2D eigenvalue weighted by atomic mass is 16.6. The summed E-state index contributed by atoms with van der Waals surface area (Å²) in [6.07, 6.45) is 0.127. The van der Waals surface area contributed by atoms with Crippen molar-refractivity contribution in [3.63, 3.8) is 0 Å². The van der Waals surface area contributed by atoms with Crippen LogP contribution >= 0.6 is 0 Å². The fourth-order valence-electron chi connectivity index (χ4n) is 10.7. The Morgan fingerprint density at radius 1 is 0.571 bits per heavy atom. The van der Waals surface area contributed by atoms with E-state index >= 15 is 4.79 Å². The second-order valence-corrected chi connectivity index (χ2v) is 24.7. The Bertz CT molecular complexity index is 3550. The lowest BCUT2D eigenvalue weighted by Gasteiger charge is -2.44. The molecule has 4 atom stereocenters. The van der Waals surface area contributed by atoms with E-state index in [-0.39, 0.29) is 30.9 Å². The number of benzene rings is 2. The first-order valence-electron chi connectivity index (χ1n) is 31.3. The molecule has 2 heterocycles. The number of esters is 9. The monoisotopic (exact) mass is 1370 g/mol. The third-order valence-corrected chi connectivity index (χ3v) is 15.1. The van der Waals surface area contributed by atoms with Crippen molar-refractivity contribution >= 4 is 89.4 Å². The third-order valence-electron chi connectivity index (χ3n) is 15.1. The topological polar surface area (TPSA) is 420 Å². The Hall–Kier alpha value is -10.3. The summed E-state index contributed by atoms with van der Waals surface area (Å²) in [7, 11) is 0. The second-order valence-electron chi connectivity index (χ2n) is 24.7. The molecule has 0 saturated carbocycles. The minimum absolute atomic E-state index is 0.0166. The largest absolute Gasteiger partial charge is 0.463 e. The number of carbonyl (C=O) groups excluding carboxylic acids is 12. The lowest BCUT2D eigenvalue weighted by Crippen LogP contribution is -2.49. The van der Waals surface area contributed by atoms with Crippen LogP contribution in [0.1, 0.15) is 127 Å². The Morgan fingerprint density at radius 3 is 1.62 bits per heavy atom. The number of nitrogens with zero attached hydrogens (tertiary/aromatic N) is 3. The molecule has 0 aliphatic heterocycles. The highest BCUT2D eigenvalue weighted by Gasteiger charge is 2.56. The molecule has 0 bridgehead atoms. The van der Waals surface area contributed by atoms with Gasteiger partial charge in [0.15, 0.2) is 0 Å². The number of anilines is 2. The summed E-state index contributed by atoms with van der Waals surface area (Å²) in [5.41, 5.74) is -7.25. The average Bonchev–Trinajstić information content (AvgIpc) is 0.877. The SMILES string of the molecule is CCC(C)(CC(C)(CC(C)(CC(C)(CC(C)(C)C(=O)OCCOC(=O)CCNC(=O)Nc1nc(C)cc(=O)[nH]1)C(=O)OCCOC(=O)CNC(C)=O)C(=O)OCCOC(=O)c1ccc(NC(=O)n2nc(C)cc2C)cc1)C(=O)OCCOC(=O)C=Cc1ccccc1)C(=O)OCCO. The number of hydrogen-bond acceptors (Lipinski definition) is 25. The number of nitrogens with one attached hydrogen (secondary N) is 5. The first-order chi connectivity index (χ1) is 46.1. The molecule has 2 aromatic heterocycles. The van der Waals surface area contributed by atoms with Crippen molar-refractivity contribution in [2.24, 2.45) is 27.1 Å². The molecule has 0 fully saturated rings. The van der Waals surface area contributed by atoms with Gasteiger partial charge in [0.25, 0.3) is 5.56 Å². The molecular weight excluding hydrogens is 1280 g/mol. The van der Waals surface area contributed by atoms with Crippen molar-refractivity contribution in [1.29, 1.82) is 0 Å². The summed E-state index contributed by atoms with van der Waals surface area (Å²) in [6.45, 7) is 10.2. The Kier molecular flexibility index (Phi) is 30.9. The highest BCUT2D eigenvalue weighted by molar-refractivity contribution is 5.94. The predicted molar refractivity (Wildman–Crippen MR) is 348 cm³/mol. The number of aromatic nitrogens is 4. The highest BCUT2D eigenvalue weighted by Crippen LogP contribution is 2.52. The van der Waals surface area contributed by atoms with E-state index in [1.54, 1.807) is 64.1 Å². The van der Waals surface area contributed by atoms with Gasteiger partial charge in [-0.25, -0.2) is 24.2 Å². The van der Waals surface area contributed by atoms with Crippen molar-refractivity contribution in [2.45, 2.75) is 115 Å². The van der Waals surface area contributed by atoms with Crippen LogP contribution in [0.4, 0.5) is 21.2 Å². The number of ether oxygens (including phenoxy) is 9. The van der Waals surface area contributed by atoms with Crippen LogP contribution in [0, 0.1) is 47.8 Å². The second kappa shape index (κ2) is 37.8. The van der Waals surface area contributed by atoms with E-state index in [9.17, 15) is 62.6 Å². The number of carbonyl (C=O) groups is 12. The molecule has 0 spiro atoms. The quantitative estimate of drug-likeness (QED) is 0.0139. The van der Waals surface area contributed by atoms with Crippen molar-refractivity contribution in [3.8, 4) is 0 Å². The van der Waals surface area contributed by atoms with Gasteiger partial charge in [-0.2, -0.15) is 9.78 Å². The summed E-state index contributed by atoms with van der Waals surface area (Å²) in [5, 5.41) is 23.5. The van der Waals surface area contributed by atoms with Crippen LogP contribution in [0.3, 0.4) is 0 Å². The summed E-state index contributed by atoms with van der Waals surface area (Å²) < 4.78 is 50.7. The molecule has 4 rings (SSSR count). The van der Waals surface area contributed by atoms with Crippen LogP contribution in [-0.2, 0) is 85.8 Å². The first-order valence-corrected chi connectivity index (χ1v) is 31.3. The zero-order valence-corrected chi connectivity index (χ0v) is 57.0.